The molecule has 1 aromatic carbocycles. The van der Waals surface area contributed by atoms with Gasteiger partial charge in [0, 0.05) is 0 Å². The minimum Gasteiger partial charge on any atom is -0.399 e. The molecule has 0 spiro atoms. The molecule has 23 heavy (non-hydrogen) atoms. The molecule has 0 radical (unpaired) electrons. The Bertz CT molecular complexity index is 675. The van der Waals surface area contributed by atoms with Crippen molar-refractivity contribution in [3.05, 3.63) is 72.4 Å². The largest absolute Gasteiger partial charge is 0.494 e. The van der Waals surface area contributed by atoms with Crippen molar-refractivity contribution < 1.29 is 9.31 Å². The summed E-state index contributed by atoms with van der Waals surface area (Å²) in [6.07, 6.45) is 14.4. The van der Waals surface area contributed by atoms with E-state index in [2.05, 4.69) is 76.3 Å². The maximum atomic E-state index is 6.10. The third-order valence-electron chi connectivity index (χ3n) is 4.77. The summed E-state index contributed by atoms with van der Waals surface area (Å²) in [6, 6.07) is 8.42. The van der Waals surface area contributed by atoms with Crippen LogP contribution in [-0.4, -0.2) is 18.3 Å². The highest BCUT2D eigenvalue weighted by Crippen LogP contribution is 2.36. The molecule has 0 unspecified atom stereocenters. The Kier molecular flexibility index (Phi) is 4.18. The van der Waals surface area contributed by atoms with Crippen LogP contribution in [-0.2, 0) is 9.31 Å². The molecule has 1 aliphatic carbocycles. The molecule has 1 aromatic rings. The van der Waals surface area contributed by atoms with Crippen molar-refractivity contribution in [2.45, 2.75) is 38.9 Å². The Morgan fingerprint density at radius 2 is 1.30 bits per heavy atom. The Hall–Kier alpha value is -1.84. The van der Waals surface area contributed by atoms with Crippen LogP contribution in [0, 0.1) is 0 Å². The quantitative estimate of drug-likeness (QED) is 0.767. The van der Waals surface area contributed by atoms with Gasteiger partial charge < -0.3 is 9.31 Å². The van der Waals surface area contributed by atoms with Crippen LogP contribution in [0.3, 0.4) is 0 Å². The molecular formula is C20H23BO2. The zero-order valence-electron chi connectivity index (χ0n) is 14.2. The van der Waals surface area contributed by atoms with Crippen molar-refractivity contribution in [3.8, 4) is 0 Å². The van der Waals surface area contributed by atoms with E-state index >= 15 is 0 Å². The van der Waals surface area contributed by atoms with Crippen molar-refractivity contribution in [2.24, 2.45) is 0 Å². The van der Waals surface area contributed by atoms with Crippen molar-refractivity contribution >= 4 is 18.2 Å². The predicted octanol–water partition coefficient (Wildman–Crippen LogP) is 4.05. The maximum absolute atomic E-state index is 6.10. The molecule has 0 saturated carbocycles. The lowest BCUT2D eigenvalue weighted by Gasteiger charge is -2.32. The topological polar surface area (TPSA) is 18.5 Å². The van der Waals surface area contributed by atoms with Crippen molar-refractivity contribution in [2.75, 3.05) is 0 Å². The van der Waals surface area contributed by atoms with Crippen LogP contribution in [0.25, 0.3) is 5.57 Å². The molecule has 2 aliphatic rings. The summed E-state index contributed by atoms with van der Waals surface area (Å²) in [5, 5.41) is 0. The number of benzene rings is 1. The number of hydrogen-bond acceptors (Lipinski definition) is 2. The lowest BCUT2D eigenvalue weighted by Crippen LogP contribution is -2.41. The summed E-state index contributed by atoms with van der Waals surface area (Å²) in [5.74, 6) is 0. The highest BCUT2D eigenvalue weighted by atomic mass is 16.7. The van der Waals surface area contributed by atoms with Crippen LogP contribution in [0.15, 0.2) is 66.8 Å². The monoisotopic (exact) mass is 306 g/mol. The second-order valence-electron chi connectivity index (χ2n) is 6.96. The Morgan fingerprint density at radius 3 is 1.96 bits per heavy atom. The number of hydrogen-bond donors (Lipinski definition) is 0. The second-order valence-corrected chi connectivity index (χ2v) is 6.96. The van der Waals surface area contributed by atoms with Crippen molar-refractivity contribution in [3.63, 3.8) is 0 Å². The van der Waals surface area contributed by atoms with E-state index in [0.29, 0.717) is 0 Å². The average Bonchev–Trinajstić information content (AvgIpc) is 2.67. The number of rotatable bonds is 2. The molecule has 3 heteroatoms. The standard InChI is InChI=1S/C20H23BO2/c1-19(2)20(3,4)23-21(22-19)18-14-12-17(13-15-18)16-10-8-6-5-7-9-11-16/h5-15H,1-4H3. The molecule has 1 heterocycles. The number of allylic oxidation sites excluding steroid dienone is 8. The minimum atomic E-state index is -0.307. The smallest absolute Gasteiger partial charge is 0.399 e. The van der Waals surface area contributed by atoms with E-state index in [1.54, 1.807) is 0 Å². The van der Waals surface area contributed by atoms with Gasteiger partial charge in [0.05, 0.1) is 11.2 Å². The van der Waals surface area contributed by atoms with Gasteiger partial charge in [-0.25, -0.2) is 0 Å². The first kappa shape index (κ1) is 16.0. The van der Waals surface area contributed by atoms with E-state index in [-0.39, 0.29) is 18.3 Å². The second kappa shape index (κ2) is 5.99. The molecule has 0 amide bonds. The van der Waals surface area contributed by atoms with E-state index in [0.717, 1.165) is 5.46 Å². The third-order valence-corrected chi connectivity index (χ3v) is 4.77. The zero-order chi connectivity index (χ0) is 16.5. The molecule has 1 saturated heterocycles. The summed E-state index contributed by atoms with van der Waals surface area (Å²) >= 11 is 0. The van der Waals surface area contributed by atoms with E-state index in [1.807, 2.05) is 18.2 Å². The molecule has 1 fully saturated rings. The summed E-state index contributed by atoms with van der Waals surface area (Å²) < 4.78 is 12.2. The summed E-state index contributed by atoms with van der Waals surface area (Å²) in [6.45, 7) is 8.30. The van der Waals surface area contributed by atoms with E-state index in [1.165, 1.54) is 11.1 Å². The van der Waals surface area contributed by atoms with Crippen LogP contribution < -0.4 is 5.46 Å². The molecule has 118 valence electrons. The zero-order valence-corrected chi connectivity index (χ0v) is 14.2. The fourth-order valence-corrected chi connectivity index (χ4v) is 2.57. The van der Waals surface area contributed by atoms with Gasteiger partial charge in [0.15, 0.2) is 0 Å². The molecule has 0 bridgehead atoms. The highest BCUT2D eigenvalue weighted by Gasteiger charge is 2.51. The SMILES string of the molecule is CC1(C)OB(c2ccc(C3=CC=CC=CC=C3)cc2)OC1(C)C. The first-order chi connectivity index (χ1) is 10.9. The van der Waals surface area contributed by atoms with Crippen molar-refractivity contribution in [1.29, 1.82) is 0 Å². The van der Waals surface area contributed by atoms with Crippen LogP contribution in [0.4, 0.5) is 0 Å². The van der Waals surface area contributed by atoms with Crippen LogP contribution >= 0.6 is 0 Å². The van der Waals surface area contributed by atoms with Gasteiger partial charge in [-0.3, -0.25) is 0 Å². The van der Waals surface area contributed by atoms with Gasteiger partial charge in [-0.15, -0.1) is 0 Å². The Labute approximate surface area is 139 Å². The molecule has 0 atom stereocenters. The van der Waals surface area contributed by atoms with Gasteiger partial charge in [-0.2, -0.15) is 0 Å². The lowest BCUT2D eigenvalue weighted by atomic mass is 9.78. The Morgan fingerprint density at radius 1 is 0.739 bits per heavy atom. The summed E-state index contributed by atoms with van der Waals surface area (Å²) in [4.78, 5) is 0. The molecule has 1 aliphatic heterocycles. The predicted molar refractivity (Wildman–Crippen MR) is 97.6 cm³/mol. The van der Waals surface area contributed by atoms with E-state index < -0.39 is 0 Å². The van der Waals surface area contributed by atoms with E-state index in [4.69, 9.17) is 9.31 Å². The summed E-state index contributed by atoms with van der Waals surface area (Å²) in [7, 11) is -0.307. The molecular weight excluding hydrogens is 283 g/mol. The van der Waals surface area contributed by atoms with Crippen LogP contribution in [0.1, 0.15) is 33.3 Å². The summed E-state index contributed by atoms with van der Waals surface area (Å²) in [5.41, 5.74) is 2.81. The average molecular weight is 306 g/mol. The van der Waals surface area contributed by atoms with Gasteiger partial charge in [-0.1, -0.05) is 66.8 Å². The highest BCUT2D eigenvalue weighted by molar-refractivity contribution is 6.62. The third kappa shape index (κ3) is 3.26. The Balaban J connectivity index is 1.81. The molecule has 2 nitrogen and oxygen atoms in total. The van der Waals surface area contributed by atoms with Gasteiger partial charge in [0.25, 0.3) is 0 Å². The fourth-order valence-electron chi connectivity index (χ4n) is 2.57. The first-order valence-corrected chi connectivity index (χ1v) is 8.07. The van der Waals surface area contributed by atoms with Crippen molar-refractivity contribution in [1.82, 2.24) is 0 Å². The van der Waals surface area contributed by atoms with Crippen LogP contribution in [0.2, 0.25) is 0 Å². The van der Waals surface area contributed by atoms with Gasteiger partial charge in [0.1, 0.15) is 0 Å². The fraction of sp³-hybridized carbons (Fsp3) is 0.300. The van der Waals surface area contributed by atoms with Gasteiger partial charge in [-0.05, 0) is 44.3 Å². The van der Waals surface area contributed by atoms with Gasteiger partial charge in [0.2, 0.25) is 0 Å². The van der Waals surface area contributed by atoms with Crippen LogP contribution in [0.5, 0.6) is 0 Å². The normalized spacial score (nSPS) is 21.9. The first-order valence-electron chi connectivity index (χ1n) is 8.07. The molecule has 0 aromatic heterocycles. The minimum absolute atomic E-state index is 0.307. The van der Waals surface area contributed by atoms with Gasteiger partial charge >= 0.3 is 7.12 Å². The molecule has 0 N–H and O–H groups in total. The lowest BCUT2D eigenvalue weighted by molar-refractivity contribution is 0.00578. The maximum Gasteiger partial charge on any atom is 0.494 e. The van der Waals surface area contributed by atoms with E-state index in [9.17, 15) is 0 Å². The molecule has 3 rings (SSSR count).